The summed E-state index contributed by atoms with van der Waals surface area (Å²) < 4.78 is 5.22. The van der Waals surface area contributed by atoms with Gasteiger partial charge < -0.3 is 19.9 Å². The highest BCUT2D eigenvalue weighted by molar-refractivity contribution is 6.04. The van der Waals surface area contributed by atoms with Crippen LogP contribution in [0.15, 0.2) is 18.2 Å². The van der Waals surface area contributed by atoms with Crippen LogP contribution in [-0.4, -0.2) is 70.0 Å². The predicted octanol–water partition coefficient (Wildman–Crippen LogP) is 3.91. The summed E-state index contributed by atoms with van der Waals surface area (Å²) in [6.07, 6.45) is 1.31. The third-order valence-electron chi connectivity index (χ3n) is 6.20. The molecule has 3 rings (SSSR count). The zero-order valence-corrected chi connectivity index (χ0v) is 21.5. The van der Waals surface area contributed by atoms with E-state index in [1.807, 2.05) is 45.9 Å². The van der Waals surface area contributed by atoms with E-state index in [0.717, 1.165) is 23.2 Å². The van der Waals surface area contributed by atoms with Crippen LogP contribution in [-0.2, 0) is 11.2 Å². The van der Waals surface area contributed by atoms with Gasteiger partial charge in [-0.3, -0.25) is 4.79 Å². The largest absolute Gasteiger partial charge is 0.462 e. The zero-order valence-electron chi connectivity index (χ0n) is 21.5. The number of piperazine rings is 1. The van der Waals surface area contributed by atoms with Gasteiger partial charge in [0.1, 0.15) is 17.1 Å². The second-order valence-corrected chi connectivity index (χ2v) is 8.93. The summed E-state index contributed by atoms with van der Waals surface area (Å²) in [4.78, 5) is 51.3. The highest BCUT2D eigenvalue weighted by Crippen LogP contribution is 2.21. The molecule has 2 heterocycles. The van der Waals surface area contributed by atoms with Crippen LogP contribution in [0.5, 0.6) is 0 Å². The van der Waals surface area contributed by atoms with Gasteiger partial charge in [-0.25, -0.2) is 19.6 Å². The van der Waals surface area contributed by atoms with Crippen molar-refractivity contribution in [3.05, 3.63) is 52.1 Å². The molecule has 1 unspecified atom stereocenters. The minimum Gasteiger partial charge on any atom is -0.462 e. The van der Waals surface area contributed by atoms with Crippen molar-refractivity contribution in [1.29, 1.82) is 0 Å². The molecule has 188 valence electrons. The Morgan fingerprint density at radius 3 is 2.46 bits per heavy atom. The molecule has 35 heavy (non-hydrogen) atoms. The average Bonchev–Trinajstić information content (AvgIpc) is 2.80. The molecular weight excluding hydrogens is 446 g/mol. The van der Waals surface area contributed by atoms with Gasteiger partial charge in [-0.15, -0.1) is 0 Å². The van der Waals surface area contributed by atoms with Crippen LogP contribution >= 0.6 is 0 Å². The number of esters is 1. The topological polar surface area (TPSA) is 105 Å². The normalized spacial score (nSPS) is 15.7. The summed E-state index contributed by atoms with van der Waals surface area (Å²) in [7, 11) is 0. The maximum atomic E-state index is 13.5. The molecule has 0 aliphatic carbocycles. The van der Waals surface area contributed by atoms with Gasteiger partial charge in [0.15, 0.2) is 0 Å². The van der Waals surface area contributed by atoms with Crippen molar-refractivity contribution in [3.63, 3.8) is 0 Å². The Labute approximate surface area is 206 Å². The number of rotatable bonds is 6. The molecule has 3 amide bonds. The van der Waals surface area contributed by atoms with Gasteiger partial charge in [0.25, 0.3) is 5.91 Å². The van der Waals surface area contributed by atoms with Gasteiger partial charge in [-0.05, 0) is 64.3 Å². The van der Waals surface area contributed by atoms with Gasteiger partial charge >= 0.3 is 12.0 Å². The fourth-order valence-corrected chi connectivity index (χ4v) is 4.23. The number of urea groups is 1. The monoisotopic (exact) mass is 481 g/mol. The SMILES string of the molecule is CCCc1nc(C)nc(C(=O)N2CCN(C(=O)Nc3ccc(C)c(C)c3)C(C)C2)c1C(=O)OCC. The first-order valence-corrected chi connectivity index (χ1v) is 12.1. The van der Waals surface area contributed by atoms with Crippen molar-refractivity contribution in [3.8, 4) is 0 Å². The van der Waals surface area contributed by atoms with Gasteiger partial charge in [0.2, 0.25) is 0 Å². The lowest BCUT2D eigenvalue weighted by atomic mass is 10.1. The Balaban J connectivity index is 1.78. The highest BCUT2D eigenvalue weighted by Gasteiger charge is 2.34. The van der Waals surface area contributed by atoms with Crippen molar-refractivity contribution >= 4 is 23.6 Å². The molecule has 1 fully saturated rings. The lowest BCUT2D eigenvalue weighted by molar-refractivity contribution is 0.0502. The number of amides is 3. The number of aryl methyl sites for hydroxylation is 4. The molecular formula is C26H35N5O4. The lowest BCUT2D eigenvalue weighted by Crippen LogP contribution is -2.56. The van der Waals surface area contributed by atoms with E-state index in [1.165, 1.54) is 0 Å². The first-order valence-electron chi connectivity index (χ1n) is 12.1. The van der Waals surface area contributed by atoms with Gasteiger partial charge in [-0.1, -0.05) is 19.4 Å². The van der Waals surface area contributed by atoms with Crippen molar-refractivity contribution < 1.29 is 19.1 Å². The molecule has 1 atom stereocenters. The van der Waals surface area contributed by atoms with Crippen LogP contribution in [0.2, 0.25) is 0 Å². The van der Waals surface area contributed by atoms with E-state index in [9.17, 15) is 14.4 Å². The van der Waals surface area contributed by atoms with E-state index in [1.54, 1.807) is 23.6 Å². The van der Waals surface area contributed by atoms with Crippen LogP contribution in [0.3, 0.4) is 0 Å². The van der Waals surface area contributed by atoms with Crippen LogP contribution in [0, 0.1) is 20.8 Å². The van der Waals surface area contributed by atoms with E-state index >= 15 is 0 Å². The van der Waals surface area contributed by atoms with Crippen LogP contribution in [0.25, 0.3) is 0 Å². The summed E-state index contributed by atoms with van der Waals surface area (Å²) in [6, 6.07) is 5.38. The molecule has 1 aromatic heterocycles. The summed E-state index contributed by atoms with van der Waals surface area (Å²) in [5, 5.41) is 2.95. The molecule has 1 saturated heterocycles. The number of aromatic nitrogens is 2. The molecule has 9 heteroatoms. The minimum atomic E-state index is -0.584. The third kappa shape index (κ3) is 5.96. The van der Waals surface area contributed by atoms with E-state index in [2.05, 4.69) is 15.3 Å². The molecule has 0 radical (unpaired) electrons. The Kier molecular flexibility index (Phi) is 8.43. The Bertz CT molecular complexity index is 1120. The zero-order chi connectivity index (χ0) is 25.7. The van der Waals surface area contributed by atoms with Crippen LogP contribution in [0.1, 0.15) is 70.7 Å². The average molecular weight is 482 g/mol. The maximum Gasteiger partial charge on any atom is 0.342 e. The molecule has 0 bridgehead atoms. The molecule has 0 saturated carbocycles. The number of carbonyl (C=O) groups is 3. The molecule has 0 spiro atoms. The fourth-order valence-electron chi connectivity index (χ4n) is 4.23. The molecule has 9 nitrogen and oxygen atoms in total. The number of hydrogen-bond acceptors (Lipinski definition) is 6. The lowest BCUT2D eigenvalue weighted by Gasteiger charge is -2.39. The molecule has 1 aliphatic rings. The van der Waals surface area contributed by atoms with Crippen molar-refractivity contribution in [2.45, 2.75) is 60.4 Å². The quantitative estimate of drug-likeness (QED) is 0.627. The summed E-state index contributed by atoms with van der Waals surface area (Å²) >= 11 is 0. The first kappa shape index (κ1) is 26.1. The van der Waals surface area contributed by atoms with Gasteiger partial charge in [0, 0.05) is 31.4 Å². The number of hydrogen-bond donors (Lipinski definition) is 1. The Hall–Kier alpha value is -3.49. The number of ether oxygens (including phenoxy) is 1. The van der Waals surface area contributed by atoms with E-state index < -0.39 is 5.97 Å². The number of nitrogens with one attached hydrogen (secondary N) is 1. The second-order valence-electron chi connectivity index (χ2n) is 8.93. The number of anilines is 1. The van der Waals surface area contributed by atoms with Crippen LogP contribution in [0.4, 0.5) is 10.5 Å². The van der Waals surface area contributed by atoms with Crippen molar-refractivity contribution in [2.24, 2.45) is 0 Å². The summed E-state index contributed by atoms with van der Waals surface area (Å²) in [5.41, 5.74) is 3.74. The van der Waals surface area contributed by atoms with E-state index in [4.69, 9.17) is 4.74 Å². The molecule has 1 N–H and O–H groups in total. The van der Waals surface area contributed by atoms with E-state index in [-0.39, 0.29) is 35.8 Å². The van der Waals surface area contributed by atoms with Gasteiger partial charge in [-0.2, -0.15) is 0 Å². The summed E-state index contributed by atoms with van der Waals surface area (Å²) in [5.74, 6) is -0.500. The van der Waals surface area contributed by atoms with Crippen LogP contribution < -0.4 is 5.32 Å². The van der Waals surface area contributed by atoms with Crippen molar-refractivity contribution in [2.75, 3.05) is 31.6 Å². The van der Waals surface area contributed by atoms with Crippen molar-refractivity contribution in [1.82, 2.24) is 19.8 Å². The maximum absolute atomic E-state index is 13.5. The summed E-state index contributed by atoms with van der Waals surface area (Å²) in [6.45, 7) is 12.6. The molecule has 1 aliphatic heterocycles. The minimum absolute atomic E-state index is 0.0691. The van der Waals surface area contributed by atoms with E-state index in [0.29, 0.717) is 37.6 Å². The molecule has 1 aromatic carbocycles. The molecule has 2 aromatic rings. The number of carbonyl (C=O) groups excluding carboxylic acids is 3. The number of benzene rings is 1. The fraction of sp³-hybridized carbons (Fsp3) is 0.500. The highest BCUT2D eigenvalue weighted by atomic mass is 16.5. The second kappa shape index (κ2) is 11.3. The number of nitrogens with zero attached hydrogens (tertiary/aromatic N) is 4. The standard InChI is InChI=1S/C26H35N5O4/c1-7-9-21-22(25(33)35-8-2)23(28-19(6)27-21)24(32)30-12-13-31(18(5)15-30)26(34)29-20-11-10-16(3)17(4)14-20/h10-11,14,18H,7-9,12-13,15H2,1-6H3,(H,29,34). The third-order valence-corrected chi connectivity index (χ3v) is 6.20. The Morgan fingerprint density at radius 2 is 1.83 bits per heavy atom. The predicted molar refractivity (Wildman–Crippen MR) is 134 cm³/mol. The Morgan fingerprint density at radius 1 is 1.09 bits per heavy atom. The smallest absolute Gasteiger partial charge is 0.342 e. The van der Waals surface area contributed by atoms with Gasteiger partial charge in [0.05, 0.1) is 12.3 Å². The first-order chi connectivity index (χ1) is 16.7.